The quantitative estimate of drug-likeness (QED) is 0.668. The van der Waals surface area contributed by atoms with Crippen LogP contribution in [0.5, 0.6) is 5.75 Å². The molecule has 0 fully saturated rings. The third-order valence-corrected chi connectivity index (χ3v) is 1.72. The van der Waals surface area contributed by atoms with Crippen molar-refractivity contribution in [1.82, 2.24) is 0 Å². The van der Waals surface area contributed by atoms with Crippen LogP contribution in [0.4, 0.5) is 32.0 Å². The van der Waals surface area contributed by atoms with Crippen molar-refractivity contribution in [2.75, 3.05) is 5.73 Å². The van der Waals surface area contributed by atoms with Crippen molar-refractivity contribution >= 4 is 5.69 Å². The molecule has 17 heavy (non-hydrogen) atoms. The van der Waals surface area contributed by atoms with Crippen molar-refractivity contribution in [2.24, 2.45) is 0 Å². The number of alkyl halides is 6. The van der Waals surface area contributed by atoms with Crippen LogP contribution in [0.3, 0.4) is 0 Å². The number of ether oxygens (including phenoxy) is 1. The Morgan fingerprint density at radius 3 is 1.88 bits per heavy atom. The molecule has 0 spiro atoms. The van der Waals surface area contributed by atoms with Crippen LogP contribution < -0.4 is 10.5 Å². The fraction of sp³-hybridized carbons (Fsp3) is 0.333. The number of halogens is 6. The monoisotopic (exact) mass is 259 g/mol. The summed E-state index contributed by atoms with van der Waals surface area (Å²) in [4.78, 5) is 0. The highest BCUT2D eigenvalue weighted by Crippen LogP contribution is 2.36. The molecule has 0 radical (unpaired) electrons. The second-order valence-electron chi connectivity index (χ2n) is 3.14. The van der Waals surface area contributed by atoms with Crippen LogP contribution in [0.25, 0.3) is 0 Å². The van der Waals surface area contributed by atoms with Gasteiger partial charge in [-0.2, -0.15) is 22.0 Å². The van der Waals surface area contributed by atoms with Gasteiger partial charge in [-0.15, -0.1) is 0 Å². The summed E-state index contributed by atoms with van der Waals surface area (Å²) in [6, 6.07) is 4.08. The average molecular weight is 259 g/mol. The van der Waals surface area contributed by atoms with Crippen molar-refractivity contribution in [1.29, 1.82) is 0 Å². The molecule has 0 aliphatic carbocycles. The standard InChI is InChI=1S/C9H7F6NO/c10-7(8(11,12)13)9(14,15)17-6-3-1-5(16)2-4-6/h1-4,7H,16H2. The molecule has 1 atom stereocenters. The van der Waals surface area contributed by atoms with E-state index >= 15 is 0 Å². The van der Waals surface area contributed by atoms with Gasteiger partial charge in [0, 0.05) is 5.69 Å². The van der Waals surface area contributed by atoms with Gasteiger partial charge in [0.1, 0.15) is 5.75 Å². The fourth-order valence-electron chi connectivity index (χ4n) is 0.935. The molecule has 0 saturated heterocycles. The zero-order chi connectivity index (χ0) is 13.3. The van der Waals surface area contributed by atoms with E-state index < -0.39 is 24.2 Å². The first kappa shape index (κ1) is 13.5. The molecule has 1 aromatic carbocycles. The van der Waals surface area contributed by atoms with Crippen molar-refractivity contribution in [3.05, 3.63) is 24.3 Å². The highest BCUT2D eigenvalue weighted by atomic mass is 19.4. The fourth-order valence-corrected chi connectivity index (χ4v) is 0.935. The number of benzene rings is 1. The largest absolute Gasteiger partial charge is 0.439 e. The highest BCUT2D eigenvalue weighted by Gasteiger charge is 2.59. The van der Waals surface area contributed by atoms with Gasteiger partial charge < -0.3 is 10.5 Å². The lowest BCUT2D eigenvalue weighted by Gasteiger charge is -2.23. The molecule has 96 valence electrons. The molecule has 0 aromatic heterocycles. The van der Waals surface area contributed by atoms with Gasteiger partial charge >= 0.3 is 12.3 Å². The molecule has 0 bridgehead atoms. The van der Waals surface area contributed by atoms with E-state index in [1.165, 1.54) is 0 Å². The number of anilines is 1. The molecular weight excluding hydrogens is 252 g/mol. The Hall–Kier alpha value is -1.60. The predicted octanol–water partition coefficient (Wildman–Crippen LogP) is 3.14. The SMILES string of the molecule is Nc1ccc(OC(F)(F)C(F)C(F)(F)F)cc1. The van der Waals surface area contributed by atoms with Crippen LogP contribution in [-0.4, -0.2) is 18.5 Å². The summed E-state index contributed by atoms with van der Waals surface area (Å²) in [5.74, 6) is -0.615. The Morgan fingerprint density at radius 2 is 1.47 bits per heavy atom. The van der Waals surface area contributed by atoms with Crippen LogP contribution in [-0.2, 0) is 0 Å². The minimum absolute atomic E-state index is 0.202. The normalized spacial score (nSPS) is 14.5. The highest BCUT2D eigenvalue weighted by molar-refractivity contribution is 5.41. The molecule has 8 heteroatoms. The maximum Gasteiger partial charge on any atom is 0.439 e. The van der Waals surface area contributed by atoms with Crippen molar-refractivity contribution in [3.8, 4) is 5.75 Å². The third kappa shape index (κ3) is 3.43. The first-order chi connectivity index (χ1) is 7.63. The van der Waals surface area contributed by atoms with Gasteiger partial charge in [0.05, 0.1) is 0 Å². The van der Waals surface area contributed by atoms with Crippen LogP contribution in [0, 0.1) is 0 Å². The third-order valence-electron chi connectivity index (χ3n) is 1.72. The molecule has 2 N–H and O–H groups in total. The molecule has 1 rings (SSSR count). The van der Waals surface area contributed by atoms with Crippen LogP contribution >= 0.6 is 0 Å². The van der Waals surface area contributed by atoms with E-state index in [-0.39, 0.29) is 5.69 Å². The van der Waals surface area contributed by atoms with E-state index in [4.69, 9.17) is 5.73 Å². The summed E-state index contributed by atoms with van der Waals surface area (Å²) in [5.41, 5.74) is 5.42. The maximum atomic E-state index is 12.8. The Labute approximate surface area is 92.0 Å². The molecule has 0 aliphatic heterocycles. The number of rotatable bonds is 3. The maximum absolute atomic E-state index is 12.8. The van der Waals surface area contributed by atoms with Gasteiger partial charge in [0.2, 0.25) is 0 Å². The molecule has 1 unspecified atom stereocenters. The summed E-state index contributed by atoms with van der Waals surface area (Å²) < 4.78 is 76.9. The van der Waals surface area contributed by atoms with Crippen LogP contribution in [0.2, 0.25) is 0 Å². The van der Waals surface area contributed by atoms with E-state index in [2.05, 4.69) is 4.74 Å². The number of hydrogen-bond acceptors (Lipinski definition) is 2. The van der Waals surface area contributed by atoms with Gasteiger partial charge in [-0.05, 0) is 24.3 Å². The van der Waals surface area contributed by atoms with Gasteiger partial charge in [0.15, 0.2) is 0 Å². The number of nitrogen functional groups attached to an aromatic ring is 1. The summed E-state index contributed by atoms with van der Waals surface area (Å²) in [6.45, 7) is 0. The van der Waals surface area contributed by atoms with Gasteiger partial charge in [-0.3, -0.25) is 0 Å². The zero-order valence-corrected chi connectivity index (χ0v) is 8.14. The minimum atomic E-state index is -5.70. The molecular formula is C9H7F6NO. The Kier molecular flexibility index (Phi) is 3.44. The predicted molar refractivity (Wildman–Crippen MR) is 47.4 cm³/mol. The van der Waals surface area contributed by atoms with E-state index in [1.54, 1.807) is 0 Å². The summed E-state index contributed by atoms with van der Waals surface area (Å²) in [6.07, 6.45) is -15.1. The van der Waals surface area contributed by atoms with Gasteiger partial charge in [0.25, 0.3) is 6.17 Å². The molecule has 0 saturated carbocycles. The minimum Gasteiger partial charge on any atom is -0.430 e. The van der Waals surface area contributed by atoms with Crippen molar-refractivity contribution in [3.63, 3.8) is 0 Å². The first-order valence-corrected chi connectivity index (χ1v) is 4.26. The summed E-state index contributed by atoms with van der Waals surface area (Å²) in [5, 5.41) is 0. The molecule has 0 heterocycles. The molecule has 0 aliphatic rings. The summed E-state index contributed by atoms with van der Waals surface area (Å²) in [7, 11) is 0. The van der Waals surface area contributed by atoms with Gasteiger partial charge in [-0.25, -0.2) is 4.39 Å². The second-order valence-corrected chi connectivity index (χ2v) is 3.14. The second kappa shape index (κ2) is 4.34. The Morgan fingerprint density at radius 1 is 1.00 bits per heavy atom. The Bertz CT molecular complexity index is 374. The molecule has 0 amide bonds. The lowest BCUT2D eigenvalue weighted by Crippen LogP contribution is -2.45. The first-order valence-electron chi connectivity index (χ1n) is 4.26. The number of nitrogens with two attached hydrogens (primary N) is 1. The van der Waals surface area contributed by atoms with E-state index in [9.17, 15) is 26.3 Å². The van der Waals surface area contributed by atoms with E-state index in [0.717, 1.165) is 24.3 Å². The molecule has 1 aromatic rings. The lowest BCUT2D eigenvalue weighted by atomic mass is 10.3. The van der Waals surface area contributed by atoms with Gasteiger partial charge in [-0.1, -0.05) is 0 Å². The van der Waals surface area contributed by atoms with E-state index in [0.29, 0.717) is 0 Å². The average Bonchev–Trinajstić information content (AvgIpc) is 2.19. The van der Waals surface area contributed by atoms with E-state index in [1.807, 2.05) is 0 Å². The Balaban J connectivity index is 2.82. The lowest BCUT2D eigenvalue weighted by molar-refractivity contribution is -0.304. The number of hydrogen-bond donors (Lipinski definition) is 1. The zero-order valence-electron chi connectivity index (χ0n) is 8.14. The van der Waals surface area contributed by atoms with Crippen LogP contribution in [0.15, 0.2) is 24.3 Å². The van der Waals surface area contributed by atoms with Crippen molar-refractivity contribution < 1.29 is 31.1 Å². The molecule has 2 nitrogen and oxygen atoms in total. The smallest absolute Gasteiger partial charge is 0.430 e. The topological polar surface area (TPSA) is 35.2 Å². The van der Waals surface area contributed by atoms with Crippen molar-refractivity contribution in [2.45, 2.75) is 18.5 Å². The summed E-state index contributed by atoms with van der Waals surface area (Å²) >= 11 is 0. The van der Waals surface area contributed by atoms with Crippen LogP contribution in [0.1, 0.15) is 0 Å².